The molecule has 0 aromatic carbocycles. The Kier molecular flexibility index (Phi) is 7.57. The van der Waals surface area contributed by atoms with Gasteiger partial charge in [0.15, 0.2) is 0 Å². The molecule has 0 spiro atoms. The number of alkyl halides is 1. The Bertz CT molecular complexity index is 155. The highest BCUT2D eigenvalue weighted by molar-refractivity contribution is 7.98. The molecule has 4 heteroatoms. The standard InChI is InChI=1S/C9H18ClNOS/c1-7(6-10)9(12)11-8(2)4-5-13-3/h7-8H,4-6H2,1-3H3,(H,11,12). The predicted molar refractivity (Wildman–Crippen MR) is 60.5 cm³/mol. The van der Waals surface area contributed by atoms with Crippen molar-refractivity contribution >= 4 is 29.3 Å². The highest BCUT2D eigenvalue weighted by Crippen LogP contribution is 2.02. The van der Waals surface area contributed by atoms with Crippen molar-refractivity contribution in [3.8, 4) is 0 Å². The van der Waals surface area contributed by atoms with Crippen molar-refractivity contribution in [3.63, 3.8) is 0 Å². The summed E-state index contributed by atoms with van der Waals surface area (Å²) in [5.41, 5.74) is 0. The quantitative estimate of drug-likeness (QED) is 0.699. The Hall–Kier alpha value is 0.110. The molecule has 0 bridgehead atoms. The highest BCUT2D eigenvalue weighted by Gasteiger charge is 2.13. The monoisotopic (exact) mass is 223 g/mol. The number of amides is 1. The van der Waals surface area contributed by atoms with Crippen molar-refractivity contribution in [1.29, 1.82) is 0 Å². The van der Waals surface area contributed by atoms with E-state index in [9.17, 15) is 4.79 Å². The van der Waals surface area contributed by atoms with E-state index >= 15 is 0 Å². The van der Waals surface area contributed by atoms with Gasteiger partial charge >= 0.3 is 0 Å². The van der Waals surface area contributed by atoms with Crippen LogP contribution in [0.1, 0.15) is 20.3 Å². The van der Waals surface area contributed by atoms with Crippen LogP contribution in [0.5, 0.6) is 0 Å². The lowest BCUT2D eigenvalue weighted by Gasteiger charge is -2.15. The van der Waals surface area contributed by atoms with Crippen LogP contribution < -0.4 is 5.32 Å². The van der Waals surface area contributed by atoms with Gasteiger partial charge in [0.2, 0.25) is 5.91 Å². The summed E-state index contributed by atoms with van der Waals surface area (Å²) in [7, 11) is 0. The van der Waals surface area contributed by atoms with Crippen LogP contribution in [0.15, 0.2) is 0 Å². The first-order chi connectivity index (χ1) is 6.11. The van der Waals surface area contributed by atoms with E-state index in [1.54, 1.807) is 11.8 Å². The number of hydrogen-bond donors (Lipinski definition) is 1. The van der Waals surface area contributed by atoms with Crippen LogP contribution in [0.2, 0.25) is 0 Å². The van der Waals surface area contributed by atoms with Crippen LogP contribution in [0.25, 0.3) is 0 Å². The van der Waals surface area contributed by atoms with Crippen molar-refractivity contribution in [1.82, 2.24) is 5.32 Å². The molecule has 1 N–H and O–H groups in total. The van der Waals surface area contributed by atoms with Crippen molar-refractivity contribution < 1.29 is 4.79 Å². The third kappa shape index (κ3) is 6.22. The van der Waals surface area contributed by atoms with E-state index in [4.69, 9.17) is 11.6 Å². The molecule has 0 heterocycles. The number of hydrogen-bond acceptors (Lipinski definition) is 2. The molecule has 0 saturated carbocycles. The summed E-state index contributed by atoms with van der Waals surface area (Å²) in [6, 6.07) is 0.255. The topological polar surface area (TPSA) is 29.1 Å². The number of halogens is 1. The molecule has 1 amide bonds. The third-order valence-electron chi connectivity index (χ3n) is 1.82. The van der Waals surface area contributed by atoms with Gasteiger partial charge in [0.05, 0.1) is 0 Å². The van der Waals surface area contributed by atoms with E-state index in [0.29, 0.717) is 5.88 Å². The summed E-state index contributed by atoms with van der Waals surface area (Å²) in [4.78, 5) is 11.3. The van der Waals surface area contributed by atoms with Crippen LogP contribution in [0.3, 0.4) is 0 Å². The fraction of sp³-hybridized carbons (Fsp3) is 0.889. The van der Waals surface area contributed by atoms with Crippen LogP contribution in [-0.4, -0.2) is 29.8 Å². The molecular formula is C9H18ClNOS. The van der Waals surface area contributed by atoms with Crippen LogP contribution in [0.4, 0.5) is 0 Å². The van der Waals surface area contributed by atoms with Crippen molar-refractivity contribution in [2.45, 2.75) is 26.3 Å². The van der Waals surface area contributed by atoms with Crippen LogP contribution in [-0.2, 0) is 4.79 Å². The molecule has 0 radical (unpaired) electrons. The SMILES string of the molecule is CSCCC(C)NC(=O)C(C)CCl. The van der Waals surface area contributed by atoms with Crippen LogP contribution in [0, 0.1) is 5.92 Å². The average Bonchev–Trinajstić information content (AvgIpc) is 2.13. The minimum atomic E-state index is -0.0848. The van der Waals surface area contributed by atoms with Gasteiger partial charge in [-0.05, 0) is 25.4 Å². The number of carbonyl (C=O) groups excluding carboxylic acids is 1. The smallest absolute Gasteiger partial charge is 0.224 e. The summed E-state index contributed by atoms with van der Waals surface area (Å²) in [6.45, 7) is 3.86. The zero-order valence-electron chi connectivity index (χ0n) is 8.47. The van der Waals surface area contributed by atoms with Gasteiger partial charge in [0, 0.05) is 17.8 Å². The van der Waals surface area contributed by atoms with E-state index in [-0.39, 0.29) is 17.9 Å². The fourth-order valence-corrected chi connectivity index (χ4v) is 1.55. The van der Waals surface area contributed by atoms with Gasteiger partial charge in [-0.1, -0.05) is 6.92 Å². The third-order valence-corrected chi connectivity index (χ3v) is 2.93. The minimum absolute atomic E-state index is 0.0589. The number of nitrogens with one attached hydrogen (secondary N) is 1. The molecule has 0 fully saturated rings. The Morgan fingerprint density at radius 1 is 1.54 bits per heavy atom. The molecule has 0 saturated heterocycles. The molecule has 0 aliphatic rings. The zero-order chi connectivity index (χ0) is 10.3. The van der Waals surface area contributed by atoms with Crippen molar-refractivity contribution in [2.75, 3.05) is 17.9 Å². The lowest BCUT2D eigenvalue weighted by atomic mass is 10.2. The lowest BCUT2D eigenvalue weighted by molar-refractivity contribution is -0.124. The van der Waals surface area contributed by atoms with E-state index in [0.717, 1.165) is 12.2 Å². The molecule has 0 aromatic rings. The lowest BCUT2D eigenvalue weighted by Crippen LogP contribution is -2.37. The van der Waals surface area contributed by atoms with Gasteiger partial charge in [-0.2, -0.15) is 11.8 Å². The maximum absolute atomic E-state index is 11.3. The maximum Gasteiger partial charge on any atom is 0.224 e. The molecule has 2 nitrogen and oxygen atoms in total. The Balaban J connectivity index is 3.64. The average molecular weight is 224 g/mol. The van der Waals surface area contributed by atoms with Crippen molar-refractivity contribution in [3.05, 3.63) is 0 Å². The van der Waals surface area contributed by atoms with E-state index < -0.39 is 0 Å². The molecule has 0 rings (SSSR count). The fourth-order valence-electron chi connectivity index (χ4n) is 0.822. The van der Waals surface area contributed by atoms with Gasteiger partial charge in [-0.25, -0.2) is 0 Å². The Morgan fingerprint density at radius 3 is 2.62 bits per heavy atom. The molecule has 0 aliphatic heterocycles. The Morgan fingerprint density at radius 2 is 2.15 bits per heavy atom. The van der Waals surface area contributed by atoms with Gasteiger partial charge < -0.3 is 5.32 Å². The first-order valence-electron chi connectivity index (χ1n) is 4.47. The summed E-state index contributed by atoms with van der Waals surface area (Å²) >= 11 is 7.36. The second-order valence-corrected chi connectivity index (χ2v) is 4.54. The highest BCUT2D eigenvalue weighted by atomic mass is 35.5. The number of rotatable bonds is 6. The molecule has 78 valence electrons. The molecular weight excluding hydrogens is 206 g/mol. The predicted octanol–water partition coefficient (Wildman–Crippen LogP) is 2.12. The maximum atomic E-state index is 11.3. The number of carbonyl (C=O) groups is 1. The number of thioether (sulfide) groups is 1. The van der Waals surface area contributed by atoms with Crippen LogP contribution >= 0.6 is 23.4 Å². The molecule has 13 heavy (non-hydrogen) atoms. The van der Waals surface area contributed by atoms with Gasteiger partial charge in [-0.15, -0.1) is 11.6 Å². The first kappa shape index (κ1) is 13.1. The molecule has 2 unspecified atom stereocenters. The zero-order valence-corrected chi connectivity index (χ0v) is 10.0. The summed E-state index contributed by atoms with van der Waals surface area (Å²) in [5.74, 6) is 1.44. The minimum Gasteiger partial charge on any atom is -0.353 e. The summed E-state index contributed by atoms with van der Waals surface area (Å²) in [5, 5.41) is 2.93. The summed E-state index contributed by atoms with van der Waals surface area (Å²) in [6.07, 6.45) is 3.08. The van der Waals surface area contributed by atoms with E-state index in [2.05, 4.69) is 11.6 Å². The Labute approximate surface area is 89.8 Å². The van der Waals surface area contributed by atoms with Crippen molar-refractivity contribution in [2.24, 2.45) is 5.92 Å². The second-order valence-electron chi connectivity index (χ2n) is 3.25. The van der Waals surface area contributed by atoms with Gasteiger partial charge in [-0.3, -0.25) is 4.79 Å². The largest absolute Gasteiger partial charge is 0.353 e. The first-order valence-corrected chi connectivity index (χ1v) is 6.40. The van der Waals surface area contributed by atoms with Gasteiger partial charge in [0.25, 0.3) is 0 Å². The second kappa shape index (κ2) is 7.51. The molecule has 0 aromatic heterocycles. The molecule has 2 atom stereocenters. The summed E-state index contributed by atoms with van der Waals surface area (Å²) < 4.78 is 0. The van der Waals surface area contributed by atoms with E-state index in [1.165, 1.54) is 0 Å². The molecule has 0 aliphatic carbocycles. The van der Waals surface area contributed by atoms with Gasteiger partial charge in [0.1, 0.15) is 0 Å². The van der Waals surface area contributed by atoms with E-state index in [1.807, 2.05) is 13.8 Å². The normalized spacial score (nSPS) is 15.1.